The Morgan fingerprint density at radius 3 is 2.38 bits per heavy atom. The molecule has 0 aromatic heterocycles. The van der Waals surface area contributed by atoms with Crippen LogP contribution in [0.15, 0.2) is 28.5 Å². The number of hydrogen-bond donors (Lipinski definition) is 0. The quantitative estimate of drug-likeness (QED) is 0.381. The van der Waals surface area contributed by atoms with E-state index in [0.717, 1.165) is 18.4 Å². The van der Waals surface area contributed by atoms with Crippen LogP contribution in [0.3, 0.4) is 0 Å². The zero-order chi connectivity index (χ0) is 18.4. The van der Waals surface area contributed by atoms with E-state index in [1.54, 1.807) is 0 Å². The second-order valence-electron chi connectivity index (χ2n) is 8.02. The number of allylic oxidation sites excluding steroid dienone is 2. The van der Waals surface area contributed by atoms with Crippen molar-refractivity contribution in [1.82, 2.24) is 0 Å². The summed E-state index contributed by atoms with van der Waals surface area (Å²) in [6, 6.07) is 0. The lowest BCUT2D eigenvalue weighted by Crippen LogP contribution is -2.24. The minimum absolute atomic E-state index is 0.00885. The molecule has 1 rings (SSSR count). The Kier molecular flexibility index (Phi) is 7.12. The van der Waals surface area contributed by atoms with Crippen LogP contribution in [0, 0.1) is 22.7 Å². The predicted molar refractivity (Wildman–Crippen MR) is 100 cm³/mol. The van der Waals surface area contributed by atoms with Crippen molar-refractivity contribution in [2.75, 3.05) is 6.61 Å². The normalized spacial score (nSPS) is 15.1. The molecule has 0 aliphatic heterocycles. The van der Waals surface area contributed by atoms with Crippen molar-refractivity contribution < 1.29 is 9.53 Å². The summed E-state index contributed by atoms with van der Waals surface area (Å²) in [4.78, 5) is 12.0. The second kappa shape index (κ2) is 8.41. The third kappa shape index (κ3) is 6.42. The van der Waals surface area contributed by atoms with E-state index in [2.05, 4.69) is 45.3 Å². The summed E-state index contributed by atoms with van der Waals surface area (Å²) in [5.74, 6) is 6.53. The highest BCUT2D eigenvalue weighted by Crippen LogP contribution is 2.30. The molecule has 0 unspecified atom stereocenters. The van der Waals surface area contributed by atoms with Gasteiger partial charge in [-0.25, -0.2) is 0 Å². The minimum atomic E-state index is -0.663. The van der Waals surface area contributed by atoms with Crippen LogP contribution in [0.5, 0.6) is 0 Å². The predicted octanol–water partition coefficient (Wildman–Crippen LogP) is 5.60. The Morgan fingerprint density at radius 1 is 1.17 bits per heavy atom. The van der Waals surface area contributed by atoms with Crippen LogP contribution in [0.25, 0.3) is 0 Å². The summed E-state index contributed by atoms with van der Waals surface area (Å²) in [7, 11) is 0. The van der Waals surface area contributed by atoms with Crippen LogP contribution in [0.4, 0.5) is 0 Å². The lowest BCUT2D eigenvalue weighted by atomic mass is 9.86. The average molecular weight is 328 g/mol. The molecule has 2 nitrogen and oxygen atoms in total. The Hall–Kier alpha value is -1.71. The fraction of sp³-hybridized carbons (Fsp3) is 0.636. The minimum Gasteiger partial charge on any atom is -0.465 e. The standard InChI is InChI=1S/C22H32O2/c1-8-24-20(23)22(6,7)16-13-17(2)19-12-10-9-11-18(19)14-15-21(3,4)5/h16H,8-12H2,1-7H3. The zero-order valence-corrected chi connectivity index (χ0v) is 16.4. The van der Waals surface area contributed by atoms with Crippen LogP contribution in [-0.2, 0) is 9.53 Å². The van der Waals surface area contributed by atoms with Gasteiger partial charge in [-0.15, -0.1) is 5.73 Å². The molecular weight excluding hydrogens is 296 g/mol. The van der Waals surface area contributed by atoms with Crippen LogP contribution in [0.1, 0.15) is 74.1 Å². The second-order valence-corrected chi connectivity index (χ2v) is 8.02. The van der Waals surface area contributed by atoms with Crippen molar-refractivity contribution in [3.63, 3.8) is 0 Å². The van der Waals surface area contributed by atoms with Crippen LogP contribution < -0.4 is 0 Å². The molecule has 0 amide bonds. The summed E-state index contributed by atoms with van der Waals surface area (Å²) in [6.07, 6.45) is 6.30. The lowest BCUT2D eigenvalue weighted by molar-refractivity contribution is -0.150. The monoisotopic (exact) mass is 328 g/mol. The Bertz CT molecular complexity index is 621. The summed E-state index contributed by atoms with van der Waals surface area (Å²) in [5, 5.41) is 0. The molecule has 0 bridgehead atoms. The SMILES string of the molecule is CCOC(=O)C(C)(C)C=C=C(C)C1=C(C#CC(C)(C)C)CCCC1. The molecule has 0 spiro atoms. The van der Waals surface area contributed by atoms with Crippen molar-refractivity contribution in [2.45, 2.75) is 74.1 Å². The van der Waals surface area contributed by atoms with Crippen LogP contribution in [-0.4, -0.2) is 12.6 Å². The fourth-order valence-electron chi connectivity index (χ4n) is 2.47. The molecule has 0 atom stereocenters. The Labute approximate surface area is 148 Å². The van der Waals surface area contributed by atoms with Gasteiger partial charge in [-0.1, -0.05) is 11.8 Å². The average Bonchev–Trinajstić information content (AvgIpc) is 2.50. The fourth-order valence-corrected chi connectivity index (χ4v) is 2.47. The van der Waals surface area contributed by atoms with E-state index in [-0.39, 0.29) is 11.4 Å². The maximum absolute atomic E-state index is 12.0. The van der Waals surface area contributed by atoms with E-state index in [1.807, 2.05) is 26.8 Å². The number of ether oxygens (including phenoxy) is 1. The third-order valence-electron chi connectivity index (χ3n) is 3.96. The lowest BCUT2D eigenvalue weighted by Gasteiger charge is -2.18. The maximum atomic E-state index is 12.0. The van der Waals surface area contributed by atoms with Gasteiger partial charge in [-0.05, 0) is 91.4 Å². The van der Waals surface area contributed by atoms with Gasteiger partial charge in [0.2, 0.25) is 0 Å². The van der Waals surface area contributed by atoms with Crippen LogP contribution in [0.2, 0.25) is 0 Å². The molecule has 0 radical (unpaired) electrons. The number of hydrogen-bond acceptors (Lipinski definition) is 2. The molecule has 0 aromatic carbocycles. The molecule has 0 saturated carbocycles. The number of carbonyl (C=O) groups is 1. The Morgan fingerprint density at radius 2 is 1.79 bits per heavy atom. The molecular formula is C22H32O2. The molecule has 2 heteroatoms. The van der Waals surface area contributed by atoms with E-state index in [1.165, 1.54) is 24.0 Å². The highest BCUT2D eigenvalue weighted by molar-refractivity contribution is 5.78. The zero-order valence-electron chi connectivity index (χ0n) is 16.4. The number of carbonyl (C=O) groups excluding carboxylic acids is 1. The molecule has 0 saturated heterocycles. The van der Waals surface area contributed by atoms with Gasteiger partial charge in [-0.2, -0.15) is 0 Å². The highest BCUT2D eigenvalue weighted by Gasteiger charge is 2.26. The molecule has 1 aliphatic rings. The van der Waals surface area contributed by atoms with Gasteiger partial charge in [0.1, 0.15) is 0 Å². The topological polar surface area (TPSA) is 26.3 Å². The van der Waals surface area contributed by atoms with Gasteiger partial charge in [0.05, 0.1) is 12.0 Å². The first-order chi connectivity index (χ1) is 11.1. The largest absolute Gasteiger partial charge is 0.465 e. The molecule has 0 N–H and O–H groups in total. The van der Waals surface area contributed by atoms with Gasteiger partial charge in [0.15, 0.2) is 0 Å². The molecule has 0 heterocycles. The van der Waals surface area contributed by atoms with Crippen molar-refractivity contribution in [3.8, 4) is 11.8 Å². The first-order valence-corrected chi connectivity index (χ1v) is 8.94. The Balaban J connectivity index is 3.18. The van der Waals surface area contributed by atoms with E-state index in [9.17, 15) is 4.79 Å². The van der Waals surface area contributed by atoms with Gasteiger partial charge in [0, 0.05) is 11.0 Å². The highest BCUT2D eigenvalue weighted by atomic mass is 16.5. The number of rotatable bonds is 4. The van der Waals surface area contributed by atoms with E-state index in [0.29, 0.717) is 6.61 Å². The summed E-state index contributed by atoms with van der Waals surface area (Å²) in [5.41, 5.74) is 6.30. The van der Waals surface area contributed by atoms with Crippen molar-refractivity contribution in [3.05, 3.63) is 28.5 Å². The van der Waals surface area contributed by atoms with Gasteiger partial charge < -0.3 is 4.74 Å². The van der Waals surface area contributed by atoms with Crippen molar-refractivity contribution >= 4 is 5.97 Å². The van der Waals surface area contributed by atoms with Crippen molar-refractivity contribution in [2.24, 2.45) is 10.8 Å². The molecule has 132 valence electrons. The van der Waals surface area contributed by atoms with Gasteiger partial charge in [-0.3, -0.25) is 4.79 Å². The molecule has 0 fully saturated rings. The van der Waals surface area contributed by atoms with E-state index in [4.69, 9.17) is 4.74 Å². The van der Waals surface area contributed by atoms with Gasteiger partial charge in [0.25, 0.3) is 0 Å². The third-order valence-corrected chi connectivity index (χ3v) is 3.96. The smallest absolute Gasteiger partial charge is 0.315 e. The van der Waals surface area contributed by atoms with Gasteiger partial charge >= 0.3 is 5.97 Å². The molecule has 1 aliphatic carbocycles. The molecule has 24 heavy (non-hydrogen) atoms. The first kappa shape index (κ1) is 20.3. The summed E-state index contributed by atoms with van der Waals surface area (Å²) < 4.78 is 5.13. The summed E-state index contributed by atoms with van der Waals surface area (Å²) in [6.45, 7) is 14.4. The number of esters is 1. The summed E-state index contributed by atoms with van der Waals surface area (Å²) >= 11 is 0. The van der Waals surface area contributed by atoms with Crippen LogP contribution >= 0.6 is 0 Å². The van der Waals surface area contributed by atoms with E-state index >= 15 is 0 Å². The van der Waals surface area contributed by atoms with Crippen molar-refractivity contribution in [1.29, 1.82) is 0 Å². The first-order valence-electron chi connectivity index (χ1n) is 8.94. The maximum Gasteiger partial charge on any atom is 0.315 e. The van der Waals surface area contributed by atoms with E-state index < -0.39 is 5.41 Å². The molecule has 0 aromatic rings.